The van der Waals surface area contributed by atoms with Crippen molar-refractivity contribution >= 4 is 5.91 Å². The summed E-state index contributed by atoms with van der Waals surface area (Å²) in [6.07, 6.45) is 8.00. The Hall–Kier alpha value is -1.75. The van der Waals surface area contributed by atoms with Crippen LogP contribution in [0.5, 0.6) is 0 Å². The normalized spacial score (nSPS) is 16.0. The Kier molecular flexibility index (Phi) is 6.91. The molecule has 0 heterocycles. The third kappa shape index (κ3) is 5.41. The van der Waals surface area contributed by atoms with Gasteiger partial charge in [0.15, 0.2) is 11.6 Å². The van der Waals surface area contributed by atoms with Crippen LogP contribution in [0.4, 0.5) is 8.78 Å². The lowest BCUT2D eigenvalue weighted by molar-refractivity contribution is -0.122. The topological polar surface area (TPSA) is 32.3 Å². The van der Waals surface area contributed by atoms with Crippen molar-refractivity contribution in [2.24, 2.45) is 0 Å². The number of carbonyl (C=O) groups is 1. The average molecular weight is 336 g/mol. The fraction of sp³-hybridized carbons (Fsp3) is 0.526. The number of likely N-dealkylation sites (N-methyl/N-ethyl adjacent to an activating group) is 1. The molecule has 1 amide bonds. The maximum absolute atomic E-state index is 13.3. The molecule has 1 aromatic rings. The highest BCUT2D eigenvalue weighted by molar-refractivity contribution is 5.78. The second-order valence-corrected chi connectivity index (χ2v) is 6.47. The molecule has 0 radical (unpaired) electrons. The fourth-order valence-corrected chi connectivity index (χ4v) is 2.94. The zero-order chi connectivity index (χ0) is 17.5. The smallest absolute Gasteiger partial charge is 0.234 e. The molecule has 0 saturated heterocycles. The third-order valence-electron chi connectivity index (χ3n) is 4.63. The van der Waals surface area contributed by atoms with E-state index in [9.17, 15) is 13.6 Å². The van der Waals surface area contributed by atoms with Gasteiger partial charge in [-0.3, -0.25) is 9.69 Å². The molecule has 0 saturated carbocycles. The van der Waals surface area contributed by atoms with Gasteiger partial charge in [-0.1, -0.05) is 17.7 Å². The van der Waals surface area contributed by atoms with Gasteiger partial charge in [-0.2, -0.15) is 0 Å². The van der Waals surface area contributed by atoms with Crippen LogP contribution in [0, 0.1) is 11.6 Å². The van der Waals surface area contributed by atoms with Crippen LogP contribution in [0.1, 0.15) is 50.6 Å². The first-order valence-electron chi connectivity index (χ1n) is 8.57. The summed E-state index contributed by atoms with van der Waals surface area (Å²) >= 11 is 0. The third-order valence-corrected chi connectivity index (χ3v) is 4.63. The Morgan fingerprint density at radius 1 is 1.29 bits per heavy atom. The molecule has 0 aliphatic heterocycles. The first-order chi connectivity index (χ1) is 11.5. The summed E-state index contributed by atoms with van der Waals surface area (Å²) in [6, 6.07) is 3.68. The Balaban J connectivity index is 1.77. The van der Waals surface area contributed by atoms with E-state index >= 15 is 0 Å². The monoisotopic (exact) mass is 336 g/mol. The van der Waals surface area contributed by atoms with Crippen molar-refractivity contribution in [1.82, 2.24) is 10.2 Å². The summed E-state index contributed by atoms with van der Waals surface area (Å²) in [5, 5.41) is 2.93. The molecule has 1 N–H and O–H groups in total. The van der Waals surface area contributed by atoms with Gasteiger partial charge in [-0.05, 0) is 63.8 Å². The number of hydrogen-bond donors (Lipinski definition) is 1. The van der Waals surface area contributed by atoms with Crippen molar-refractivity contribution in [3.63, 3.8) is 0 Å². The maximum atomic E-state index is 13.3. The largest absolute Gasteiger partial charge is 0.355 e. The van der Waals surface area contributed by atoms with Gasteiger partial charge in [-0.25, -0.2) is 8.78 Å². The fourth-order valence-electron chi connectivity index (χ4n) is 2.94. The summed E-state index contributed by atoms with van der Waals surface area (Å²) < 4.78 is 26.3. The maximum Gasteiger partial charge on any atom is 0.234 e. The predicted octanol–water partition coefficient (Wildman–Crippen LogP) is 3.96. The lowest BCUT2D eigenvalue weighted by Crippen LogP contribution is -2.37. The lowest BCUT2D eigenvalue weighted by atomic mass is 9.97. The van der Waals surface area contributed by atoms with E-state index in [0.717, 1.165) is 25.3 Å². The first kappa shape index (κ1) is 18.6. The summed E-state index contributed by atoms with van der Waals surface area (Å²) in [5.74, 6) is -1.77. The number of halogens is 2. The van der Waals surface area contributed by atoms with Crippen LogP contribution in [0.2, 0.25) is 0 Å². The van der Waals surface area contributed by atoms with Crippen LogP contribution in [0.15, 0.2) is 29.8 Å². The number of hydrogen-bond acceptors (Lipinski definition) is 2. The van der Waals surface area contributed by atoms with Crippen LogP contribution in [-0.4, -0.2) is 30.9 Å². The molecule has 2 rings (SSSR count). The quantitative estimate of drug-likeness (QED) is 0.764. The minimum atomic E-state index is -0.863. The average Bonchev–Trinajstić information content (AvgIpc) is 2.57. The highest BCUT2D eigenvalue weighted by atomic mass is 19.2. The molecule has 5 heteroatoms. The van der Waals surface area contributed by atoms with E-state index < -0.39 is 11.6 Å². The van der Waals surface area contributed by atoms with Crippen molar-refractivity contribution in [2.45, 2.75) is 45.1 Å². The van der Waals surface area contributed by atoms with Crippen molar-refractivity contribution < 1.29 is 13.6 Å². The second kappa shape index (κ2) is 8.92. The van der Waals surface area contributed by atoms with Gasteiger partial charge in [0, 0.05) is 12.6 Å². The molecule has 1 atom stereocenters. The molecule has 1 unspecified atom stereocenters. The van der Waals surface area contributed by atoms with Crippen LogP contribution in [0.3, 0.4) is 0 Å². The van der Waals surface area contributed by atoms with Crippen molar-refractivity contribution in [1.29, 1.82) is 0 Å². The van der Waals surface area contributed by atoms with Crippen molar-refractivity contribution in [2.75, 3.05) is 20.1 Å². The number of nitrogens with one attached hydrogen (secondary N) is 1. The zero-order valence-electron chi connectivity index (χ0n) is 14.4. The summed E-state index contributed by atoms with van der Waals surface area (Å²) in [5.41, 5.74) is 2.08. The molecule has 0 fully saturated rings. The Morgan fingerprint density at radius 3 is 2.75 bits per heavy atom. The van der Waals surface area contributed by atoms with E-state index in [4.69, 9.17) is 0 Å². The van der Waals surface area contributed by atoms with E-state index in [1.165, 1.54) is 24.5 Å². The van der Waals surface area contributed by atoms with Gasteiger partial charge in [0.2, 0.25) is 5.91 Å². The molecule has 132 valence electrons. The molecule has 1 aliphatic rings. The van der Waals surface area contributed by atoms with E-state index in [1.807, 2.05) is 11.8 Å². The van der Waals surface area contributed by atoms with Gasteiger partial charge in [0.1, 0.15) is 0 Å². The Bertz CT molecular complexity index is 601. The number of rotatable bonds is 7. The molecule has 1 aliphatic carbocycles. The standard InChI is InChI=1S/C19H26F2N2O/c1-14(16-8-9-17(20)18(21)12-16)23(2)13-19(24)22-11-10-15-6-4-3-5-7-15/h6,8-9,12,14H,3-5,7,10-11,13H2,1-2H3,(H,22,24). The van der Waals surface area contributed by atoms with Crippen LogP contribution < -0.4 is 5.32 Å². The SMILES string of the molecule is CC(c1ccc(F)c(F)c1)N(C)CC(=O)NCCC1=CCCCC1. The van der Waals surface area contributed by atoms with E-state index in [2.05, 4.69) is 11.4 Å². The van der Waals surface area contributed by atoms with Crippen molar-refractivity contribution in [3.05, 3.63) is 47.0 Å². The molecule has 1 aromatic carbocycles. The second-order valence-electron chi connectivity index (χ2n) is 6.47. The zero-order valence-corrected chi connectivity index (χ0v) is 14.4. The molecule has 0 bridgehead atoms. The number of allylic oxidation sites excluding steroid dienone is 1. The molecule has 24 heavy (non-hydrogen) atoms. The van der Waals surface area contributed by atoms with Gasteiger partial charge in [0.25, 0.3) is 0 Å². The van der Waals surface area contributed by atoms with Crippen LogP contribution in [0.25, 0.3) is 0 Å². The summed E-state index contributed by atoms with van der Waals surface area (Å²) in [4.78, 5) is 13.9. The van der Waals surface area contributed by atoms with Crippen LogP contribution >= 0.6 is 0 Å². The van der Waals surface area contributed by atoms with Gasteiger partial charge in [0.05, 0.1) is 6.54 Å². The molecular formula is C19H26F2N2O. The number of nitrogens with zero attached hydrogens (tertiary/aromatic N) is 1. The van der Waals surface area contributed by atoms with E-state index in [-0.39, 0.29) is 18.5 Å². The highest BCUT2D eigenvalue weighted by Gasteiger charge is 2.16. The lowest BCUT2D eigenvalue weighted by Gasteiger charge is -2.24. The number of amides is 1. The predicted molar refractivity (Wildman–Crippen MR) is 91.6 cm³/mol. The number of benzene rings is 1. The Morgan fingerprint density at radius 2 is 2.08 bits per heavy atom. The van der Waals surface area contributed by atoms with E-state index in [1.54, 1.807) is 13.1 Å². The van der Waals surface area contributed by atoms with Gasteiger partial charge < -0.3 is 5.32 Å². The van der Waals surface area contributed by atoms with Crippen LogP contribution in [-0.2, 0) is 4.79 Å². The highest BCUT2D eigenvalue weighted by Crippen LogP contribution is 2.21. The molecule has 0 spiro atoms. The minimum absolute atomic E-state index is 0.0525. The van der Waals surface area contributed by atoms with Gasteiger partial charge in [-0.15, -0.1) is 0 Å². The summed E-state index contributed by atoms with van der Waals surface area (Å²) in [7, 11) is 1.80. The first-order valence-corrected chi connectivity index (χ1v) is 8.57. The molecule has 3 nitrogen and oxygen atoms in total. The number of carbonyl (C=O) groups excluding carboxylic acids is 1. The van der Waals surface area contributed by atoms with Gasteiger partial charge >= 0.3 is 0 Å². The van der Waals surface area contributed by atoms with Crippen molar-refractivity contribution in [3.8, 4) is 0 Å². The van der Waals surface area contributed by atoms with E-state index in [0.29, 0.717) is 12.1 Å². The Labute approximate surface area is 142 Å². The minimum Gasteiger partial charge on any atom is -0.355 e. The molecular weight excluding hydrogens is 310 g/mol. The molecule has 0 aromatic heterocycles. The summed E-state index contributed by atoms with van der Waals surface area (Å²) in [6.45, 7) is 2.74.